The molecule has 5 heterocycles. The molecular formula is C27H20N8O7S3. The summed E-state index contributed by atoms with van der Waals surface area (Å²) < 4.78 is 0. The summed E-state index contributed by atoms with van der Waals surface area (Å²) in [5.41, 5.74) is 5.77. The van der Waals surface area contributed by atoms with Crippen LogP contribution in [0.2, 0.25) is 0 Å². The Hall–Kier alpha value is -5.20. The Kier molecular flexibility index (Phi) is 7.77. The van der Waals surface area contributed by atoms with Crippen LogP contribution in [-0.4, -0.2) is 75.9 Å². The highest BCUT2D eigenvalue weighted by molar-refractivity contribution is 8.00. The molecule has 0 radical (unpaired) electrons. The second kappa shape index (κ2) is 11.7. The van der Waals surface area contributed by atoms with Crippen molar-refractivity contribution in [2.45, 2.75) is 17.5 Å². The van der Waals surface area contributed by atoms with Crippen molar-refractivity contribution in [1.82, 2.24) is 35.7 Å². The standard InChI is InChI=1S/C27H20N8O7S3/c28-11-4-1-3-10(7-11)15(31-21(37)12-8-30-14-5-2-6-29-16(14)19(12)36)22(38)32-17-24(39)35-18(26(40)41)13(9-44-25(17)35)20(43)23-33-34-27(42)45-23/h1-8,15,17,25H,9,28H2,(H,30,36)(H,31,37)(H,32,38)(H,34,42)(H,40,41)/t15?,17?,25-/m0/s1. The van der Waals surface area contributed by atoms with Crippen LogP contribution in [0.25, 0.3) is 11.0 Å². The molecule has 0 spiro atoms. The molecule has 0 aliphatic carbocycles. The van der Waals surface area contributed by atoms with E-state index in [9.17, 15) is 33.9 Å². The van der Waals surface area contributed by atoms with Gasteiger partial charge in [-0.25, -0.2) is 9.89 Å². The third-order valence-corrected chi connectivity index (χ3v) is 9.66. The highest BCUT2D eigenvalue weighted by Gasteiger charge is 2.55. The molecule has 0 bridgehead atoms. The number of β-lactam (4-membered cyclic amide) rings is 1. The molecule has 4 aromatic rings. The number of fused-ring (bicyclic) bond motifs is 2. The molecule has 2 aliphatic rings. The van der Waals surface area contributed by atoms with Gasteiger partial charge >= 0.3 is 10.8 Å². The normalized spacial score (nSPS) is 18.1. The van der Waals surface area contributed by atoms with Gasteiger partial charge in [-0.15, -0.1) is 11.8 Å². The Balaban J connectivity index is 1.26. The number of carboxylic acids is 1. The van der Waals surface area contributed by atoms with Gasteiger partial charge in [0.25, 0.3) is 11.8 Å². The van der Waals surface area contributed by atoms with Gasteiger partial charge in [-0.05, 0) is 29.8 Å². The summed E-state index contributed by atoms with van der Waals surface area (Å²) in [6.45, 7) is 0. The number of anilines is 1. The Morgan fingerprint density at radius 1 is 1.18 bits per heavy atom. The third-order valence-electron chi connectivity index (χ3n) is 7.04. The number of aromatic amines is 2. The van der Waals surface area contributed by atoms with E-state index in [1.165, 1.54) is 18.5 Å². The summed E-state index contributed by atoms with van der Waals surface area (Å²) in [4.78, 5) is 84.6. The van der Waals surface area contributed by atoms with Crippen molar-refractivity contribution in [3.63, 3.8) is 0 Å². The molecule has 2 unspecified atom stereocenters. The number of nitrogens with one attached hydrogen (secondary N) is 4. The summed E-state index contributed by atoms with van der Waals surface area (Å²) in [5, 5.41) is 20.5. The maximum Gasteiger partial charge on any atom is 0.353 e. The lowest BCUT2D eigenvalue weighted by Gasteiger charge is -2.49. The topological polar surface area (TPSA) is 233 Å². The van der Waals surface area contributed by atoms with E-state index in [1.54, 1.807) is 30.3 Å². The number of pyridine rings is 2. The number of H-pyrrole nitrogens is 2. The number of hydrogen-bond donors (Lipinski definition) is 6. The van der Waals surface area contributed by atoms with Crippen molar-refractivity contribution < 1.29 is 24.3 Å². The molecule has 1 saturated heterocycles. The number of amides is 3. The number of thiocarbonyl (C=S) groups is 1. The van der Waals surface area contributed by atoms with Crippen molar-refractivity contribution >= 4 is 80.6 Å². The van der Waals surface area contributed by atoms with E-state index in [0.717, 1.165) is 16.7 Å². The van der Waals surface area contributed by atoms with Gasteiger partial charge < -0.3 is 26.5 Å². The lowest BCUT2D eigenvalue weighted by Crippen LogP contribution is -2.71. The molecule has 1 fully saturated rings. The number of carbonyl (C=O) groups excluding carboxylic acids is 3. The summed E-state index contributed by atoms with van der Waals surface area (Å²) in [6, 6.07) is 6.85. The number of aliphatic carboxylic acids is 1. The molecule has 7 N–H and O–H groups in total. The number of nitrogens with zero attached hydrogens (tertiary/aromatic N) is 3. The first-order chi connectivity index (χ1) is 21.5. The fourth-order valence-corrected chi connectivity index (χ4v) is 7.31. The molecular weight excluding hydrogens is 645 g/mol. The average Bonchev–Trinajstić information content (AvgIpc) is 3.47. The largest absolute Gasteiger partial charge is 0.477 e. The number of rotatable bonds is 8. The number of carboxylic acid groups (broad SMARTS) is 1. The number of hydrogen-bond acceptors (Lipinski definition) is 12. The number of nitrogens with two attached hydrogens (primary N) is 1. The molecule has 228 valence electrons. The first-order valence-electron chi connectivity index (χ1n) is 13.0. The van der Waals surface area contributed by atoms with Crippen LogP contribution < -0.4 is 26.7 Å². The number of benzene rings is 1. The zero-order valence-electron chi connectivity index (χ0n) is 22.6. The third kappa shape index (κ3) is 5.38. The van der Waals surface area contributed by atoms with E-state index < -0.39 is 51.5 Å². The van der Waals surface area contributed by atoms with Crippen LogP contribution >= 0.6 is 35.3 Å². The highest BCUT2D eigenvalue weighted by Crippen LogP contribution is 2.41. The van der Waals surface area contributed by atoms with Gasteiger partial charge in [-0.3, -0.25) is 33.9 Å². The lowest BCUT2D eigenvalue weighted by molar-refractivity contribution is -0.150. The van der Waals surface area contributed by atoms with E-state index in [4.69, 9.17) is 18.0 Å². The molecule has 6 rings (SSSR count). The molecule has 45 heavy (non-hydrogen) atoms. The summed E-state index contributed by atoms with van der Waals surface area (Å²) in [6.07, 6.45) is 2.62. The molecule has 0 saturated carbocycles. The minimum absolute atomic E-state index is 0.0188. The van der Waals surface area contributed by atoms with Crippen molar-refractivity contribution in [3.8, 4) is 0 Å². The van der Waals surface area contributed by atoms with Gasteiger partial charge in [0.1, 0.15) is 34.2 Å². The maximum atomic E-state index is 13.7. The molecule has 18 heteroatoms. The molecule has 1 aromatic carbocycles. The van der Waals surface area contributed by atoms with Crippen LogP contribution in [0.1, 0.15) is 27.0 Å². The number of thioether (sulfide) groups is 1. The fourth-order valence-electron chi connectivity index (χ4n) is 4.95. The van der Waals surface area contributed by atoms with Crippen LogP contribution in [0.5, 0.6) is 0 Å². The predicted octanol–water partition coefficient (Wildman–Crippen LogP) is 0.278. The highest BCUT2D eigenvalue weighted by atomic mass is 32.2. The zero-order chi connectivity index (χ0) is 32.0. The van der Waals surface area contributed by atoms with Crippen molar-refractivity contribution in [3.05, 3.63) is 96.1 Å². The van der Waals surface area contributed by atoms with Gasteiger partial charge in [0.15, 0.2) is 5.01 Å². The van der Waals surface area contributed by atoms with E-state index in [1.807, 2.05) is 0 Å². The first kappa shape index (κ1) is 29.9. The summed E-state index contributed by atoms with van der Waals surface area (Å²) in [7, 11) is 0. The lowest BCUT2D eigenvalue weighted by atomic mass is 9.99. The Labute approximate surface area is 264 Å². The van der Waals surface area contributed by atoms with E-state index >= 15 is 0 Å². The second-order valence-corrected chi connectivity index (χ2v) is 12.3. The Morgan fingerprint density at radius 2 is 1.98 bits per heavy atom. The predicted molar refractivity (Wildman–Crippen MR) is 168 cm³/mol. The molecule has 2 aliphatic heterocycles. The Bertz CT molecular complexity index is 2090. The second-order valence-electron chi connectivity index (χ2n) is 9.78. The van der Waals surface area contributed by atoms with Gasteiger partial charge in [-0.2, -0.15) is 5.10 Å². The van der Waals surface area contributed by atoms with Gasteiger partial charge in [-0.1, -0.05) is 35.7 Å². The van der Waals surface area contributed by atoms with Crippen LogP contribution in [0.3, 0.4) is 0 Å². The fraction of sp³-hybridized carbons (Fsp3) is 0.148. The smallest absolute Gasteiger partial charge is 0.353 e. The van der Waals surface area contributed by atoms with Crippen molar-refractivity contribution in [2.24, 2.45) is 0 Å². The summed E-state index contributed by atoms with van der Waals surface area (Å²) >= 11 is 7.26. The first-order valence-corrected chi connectivity index (χ1v) is 15.3. The van der Waals surface area contributed by atoms with Crippen LogP contribution in [-0.2, 0) is 14.4 Å². The molecule has 3 atom stereocenters. The zero-order valence-corrected chi connectivity index (χ0v) is 25.0. The number of aromatic nitrogens is 4. The van der Waals surface area contributed by atoms with Crippen LogP contribution in [0.4, 0.5) is 5.69 Å². The van der Waals surface area contributed by atoms with E-state index in [2.05, 4.69) is 30.8 Å². The molecule has 15 nitrogen and oxygen atoms in total. The SMILES string of the molecule is Nc1cccc(C(NC(=O)c2c[nH]c3cccnc3c2=O)C(=O)NC2C(=O)N3C(C(=O)O)=C(C(=S)c4n[nH]c(=O)s4)CS[C@@H]23)c1. The van der Waals surface area contributed by atoms with Crippen LogP contribution in [0, 0.1) is 0 Å². The number of nitrogen functional groups attached to an aromatic ring is 1. The van der Waals surface area contributed by atoms with E-state index in [-0.39, 0.29) is 43.5 Å². The molecule has 3 aromatic heterocycles. The summed E-state index contributed by atoms with van der Waals surface area (Å²) in [5.74, 6) is -3.76. The molecule has 3 amide bonds. The average molecular weight is 665 g/mol. The van der Waals surface area contributed by atoms with Gasteiger partial charge in [0.05, 0.1) is 10.4 Å². The van der Waals surface area contributed by atoms with Crippen LogP contribution in [0.15, 0.2) is 69.7 Å². The van der Waals surface area contributed by atoms with Crippen molar-refractivity contribution in [2.75, 3.05) is 11.5 Å². The minimum Gasteiger partial charge on any atom is -0.477 e. The van der Waals surface area contributed by atoms with Crippen molar-refractivity contribution in [1.29, 1.82) is 0 Å². The number of carbonyl (C=O) groups is 4. The Morgan fingerprint density at radius 3 is 2.69 bits per heavy atom. The van der Waals surface area contributed by atoms with Gasteiger partial charge in [0, 0.05) is 29.4 Å². The minimum atomic E-state index is -1.42. The van der Waals surface area contributed by atoms with Gasteiger partial charge in [0.2, 0.25) is 11.3 Å². The maximum absolute atomic E-state index is 13.7. The monoisotopic (exact) mass is 664 g/mol. The van der Waals surface area contributed by atoms with E-state index in [0.29, 0.717) is 22.5 Å². The quantitative estimate of drug-likeness (QED) is 0.0645.